The summed E-state index contributed by atoms with van der Waals surface area (Å²) in [5.74, 6) is -0.474. The summed E-state index contributed by atoms with van der Waals surface area (Å²) >= 11 is 7.51. The van der Waals surface area contributed by atoms with E-state index in [9.17, 15) is 9.59 Å². The van der Waals surface area contributed by atoms with Crippen molar-refractivity contribution < 1.29 is 9.59 Å². The van der Waals surface area contributed by atoms with E-state index in [1.165, 1.54) is 11.8 Å². The molecule has 4 N–H and O–H groups in total. The van der Waals surface area contributed by atoms with E-state index >= 15 is 0 Å². The summed E-state index contributed by atoms with van der Waals surface area (Å²) in [6.07, 6.45) is 3.56. The molecule has 2 heterocycles. The van der Waals surface area contributed by atoms with Crippen LogP contribution >= 0.6 is 23.4 Å². The Bertz CT molecular complexity index is 1240. The second-order valence-electron chi connectivity index (χ2n) is 6.70. The van der Waals surface area contributed by atoms with E-state index in [-0.39, 0.29) is 18.4 Å². The molecule has 4 rings (SSSR count). The van der Waals surface area contributed by atoms with Crippen molar-refractivity contribution in [3.8, 4) is 0 Å². The van der Waals surface area contributed by atoms with Crippen molar-refractivity contribution in [2.24, 2.45) is 10.7 Å². The number of thioether (sulfide) groups is 1. The van der Waals surface area contributed by atoms with Gasteiger partial charge in [-0.05, 0) is 59.3 Å². The highest BCUT2D eigenvalue weighted by Crippen LogP contribution is 2.32. The van der Waals surface area contributed by atoms with E-state index in [4.69, 9.17) is 17.3 Å². The molecule has 7 nitrogen and oxygen atoms in total. The number of nitrogens with one attached hydrogen (secondary N) is 2. The number of carbonyl (C=O) groups is 2. The van der Waals surface area contributed by atoms with Gasteiger partial charge in [0.05, 0.1) is 27.7 Å². The number of aromatic nitrogens is 1. The quantitative estimate of drug-likeness (QED) is 0.515. The number of amides is 2. The number of hydrogen-bond donors (Lipinski definition) is 3. The predicted octanol–water partition coefficient (Wildman–Crippen LogP) is 3.35. The minimum Gasteiger partial charge on any atom is -0.351 e. The first-order valence-electron chi connectivity index (χ1n) is 9.41. The van der Waals surface area contributed by atoms with E-state index in [1.807, 2.05) is 36.4 Å². The van der Waals surface area contributed by atoms with Crippen LogP contribution in [0.3, 0.4) is 0 Å². The number of benzene rings is 2. The monoisotopic (exact) mass is 451 g/mol. The molecule has 0 bridgehead atoms. The van der Waals surface area contributed by atoms with Crippen LogP contribution < -0.4 is 16.4 Å². The summed E-state index contributed by atoms with van der Waals surface area (Å²) in [6, 6.07) is 14.9. The molecular weight excluding hydrogens is 434 g/mol. The van der Waals surface area contributed by atoms with Gasteiger partial charge < -0.3 is 16.4 Å². The zero-order chi connectivity index (χ0) is 21.8. The standard InChI is InChI=1S/C22H18ClN5O2S/c23-16-5-3-14(12-26-20(29)11-24)9-18(16)27-22-28-21(30)19(31-22)10-13-4-6-17-15(8-13)2-1-7-25-17/h1-10H,11-12,24H2,(H,26,29)(H,27,28,30)/b19-10-. The van der Waals surface area contributed by atoms with Crippen molar-refractivity contribution in [2.45, 2.75) is 6.54 Å². The largest absolute Gasteiger partial charge is 0.351 e. The van der Waals surface area contributed by atoms with Gasteiger partial charge in [0, 0.05) is 18.1 Å². The fourth-order valence-corrected chi connectivity index (χ4v) is 3.95. The number of pyridine rings is 1. The molecule has 156 valence electrons. The normalized spacial score (nSPS) is 16.1. The second kappa shape index (κ2) is 9.30. The number of aliphatic imine (C=N–C) groups is 1. The zero-order valence-electron chi connectivity index (χ0n) is 16.3. The summed E-state index contributed by atoms with van der Waals surface area (Å²) in [4.78, 5) is 33.1. The fourth-order valence-electron chi connectivity index (χ4n) is 2.95. The summed E-state index contributed by atoms with van der Waals surface area (Å²) < 4.78 is 0. The van der Waals surface area contributed by atoms with Gasteiger partial charge in [-0.2, -0.15) is 0 Å². The Kier molecular flexibility index (Phi) is 6.31. The van der Waals surface area contributed by atoms with Gasteiger partial charge >= 0.3 is 0 Å². The molecule has 1 aromatic heterocycles. The molecular formula is C22H18ClN5O2S. The van der Waals surface area contributed by atoms with Gasteiger partial charge in [-0.25, -0.2) is 4.99 Å². The molecule has 2 amide bonds. The summed E-state index contributed by atoms with van der Waals surface area (Å²) in [5.41, 5.74) is 8.42. The molecule has 31 heavy (non-hydrogen) atoms. The van der Waals surface area contributed by atoms with Crippen LogP contribution in [0, 0.1) is 0 Å². The van der Waals surface area contributed by atoms with Crippen molar-refractivity contribution in [3.63, 3.8) is 0 Å². The first-order valence-corrected chi connectivity index (χ1v) is 10.6. The molecule has 1 aliphatic heterocycles. The molecule has 0 spiro atoms. The number of nitrogens with zero attached hydrogens (tertiary/aromatic N) is 2. The summed E-state index contributed by atoms with van der Waals surface area (Å²) in [6.45, 7) is 0.237. The SMILES string of the molecule is NCC(=O)NCc1ccc(Cl)c(N=C2NC(=O)/C(=C/c3ccc4ncccc4c3)S2)c1. The molecule has 0 aliphatic carbocycles. The van der Waals surface area contributed by atoms with Crippen molar-refractivity contribution in [3.05, 3.63) is 75.8 Å². The summed E-state index contributed by atoms with van der Waals surface area (Å²) in [5, 5.41) is 7.34. The average Bonchev–Trinajstić information content (AvgIpc) is 3.12. The van der Waals surface area contributed by atoms with Crippen molar-refractivity contribution >= 4 is 63.0 Å². The number of halogens is 1. The maximum Gasteiger partial charge on any atom is 0.264 e. The third-order valence-electron chi connectivity index (χ3n) is 4.48. The Balaban J connectivity index is 1.54. The molecule has 3 aromatic rings. The molecule has 2 aromatic carbocycles. The van der Waals surface area contributed by atoms with E-state index in [0.717, 1.165) is 22.0 Å². The average molecular weight is 452 g/mol. The fraction of sp³-hybridized carbons (Fsp3) is 0.0909. The van der Waals surface area contributed by atoms with Crippen LogP contribution in [0.4, 0.5) is 5.69 Å². The maximum absolute atomic E-state index is 12.4. The lowest BCUT2D eigenvalue weighted by Crippen LogP contribution is -2.29. The molecule has 1 fully saturated rings. The van der Waals surface area contributed by atoms with Gasteiger partial charge in [0.25, 0.3) is 5.91 Å². The lowest BCUT2D eigenvalue weighted by atomic mass is 10.1. The van der Waals surface area contributed by atoms with Crippen LogP contribution in [-0.2, 0) is 16.1 Å². The molecule has 0 unspecified atom stereocenters. The van der Waals surface area contributed by atoms with Gasteiger partial charge in [0.2, 0.25) is 5.91 Å². The first kappa shape index (κ1) is 21.0. The Morgan fingerprint density at radius 3 is 2.97 bits per heavy atom. The molecule has 1 saturated heterocycles. The van der Waals surface area contributed by atoms with E-state index < -0.39 is 0 Å². The lowest BCUT2D eigenvalue weighted by molar-refractivity contribution is -0.120. The summed E-state index contributed by atoms with van der Waals surface area (Å²) in [7, 11) is 0. The Morgan fingerprint density at radius 1 is 1.26 bits per heavy atom. The van der Waals surface area contributed by atoms with E-state index in [1.54, 1.807) is 24.4 Å². The van der Waals surface area contributed by atoms with Gasteiger partial charge in [-0.3, -0.25) is 14.6 Å². The maximum atomic E-state index is 12.4. The van der Waals surface area contributed by atoms with Gasteiger partial charge in [-0.1, -0.05) is 29.8 Å². The molecule has 0 radical (unpaired) electrons. The minimum absolute atomic E-state index is 0.0751. The minimum atomic E-state index is -0.249. The van der Waals surface area contributed by atoms with Crippen molar-refractivity contribution in [1.29, 1.82) is 0 Å². The van der Waals surface area contributed by atoms with Crippen LogP contribution in [0.2, 0.25) is 5.02 Å². The van der Waals surface area contributed by atoms with Gasteiger partial charge in [-0.15, -0.1) is 0 Å². The topological polar surface area (TPSA) is 109 Å². The van der Waals surface area contributed by atoms with Crippen LogP contribution in [-0.4, -0.2) is 28.5 Å². The van der Waals surface area contributed by atoms with Crippen LogP contribution in [0.5, 0.6) is 0 Å². The Morgan fingerprint density at radius 2 is 2.13 bits per heavy atom. The van der Waals surface area contributed by atoms with Crippen LogP contribution in [0.15, 0.2) is 64.6 Å². The number of amidine groups is 1. The number of fused-ring (bicyclic) bond motifs is 1. The highest BCUT2D eigenvalue weighted by atomic mass is 35.5. The number of hydrogen-bond acceptors (Lipinski definition) is 6. The van der Waals surface area contributed by atoms with Gasteiger partial charge in [0.15, 0.2) is 5.17 Å². The van der Waals surface area contributed by atoms with Crippen molar-refractivity contribution in [2.75, 3.05) is 6.54 Å². The number of carbonyl (C=O) groups excluding carboxylic acids is 2. The second-order valence-corrected chi connectivity index (χ2v) is 8.14. The molecule has 1 aliphatic rings. The first-order chi connectivity index (χ1) is 15.0. The van der Waals surface area contributed by atoms with E-state index in [2.05, 4.69) is 20.6 Å². The van der Waals surface area contributed by atoms with E-state index in [0.29, 0.717) is 27.3 Å². The highest BCUT2D eigenvalue weighted by molar-refractivity contribution is 8.18. The van der Waals surface area contributed by atoms with Gasteiger partial charge in [0.1, 0.15) is 0 Å². The third kappa shape index (κ3) is 5.11. The zero-order valence-corrected chi connectivity index (χ0v) is 17.8. The molecule has 0 saturated carbocycles. The number of rotatable bonds is 5. The lowest BCUT2D eigenvalue weighted by Gasteiger charge is -2.06. The third-order valence-corrected chi connectivity index (χ3v) is 5.71. The van der Waals surface area contributed by atoms with Crippen LogP contribution in [0.25, 0.3) is 17.0 Å². The Labute approximate surface area is 187 Å². The number of nitrogens with two attached hydrogens (primary N) is 1. The molecule has 9 heteroatoms. The highest BCUT2D eigenvalue weighted by Gasteiger charge is 2.24. The molecule has 0 atom stereocenters. The Hall–Kier alpha value is -3.20. The van der Waals surface area contributed by atoms with Crippen LogP contribution in [0.1, 0.15) is 11.1 Å². The smallest absolute Gasteiger partial charge is 0.264 e. The van der Waals surface area contributed by atoms with Crippen molar-refractivity contribution in [1.82, 2.24) is 15.6 Å². The predicted molar refractivity (Wildman–Crippen MR) is 125 cm³/mol.